The summed E-state index contributed by atoms with van der Waals surface area (Å²) in [5, 5.41) is 0.912. The molecule has 0 aromatic rings. The standard InChI is InChI=1S/C13H11NO8/c15-9-3-4-10(16)20-13-8(19-9)2-1-7-14(13)22-12(18)6-5-11(17)21-13/h3-6,8H,1-2,7H2/b4-3+,6-5+. The summed E-state index contributed by atoms with van der Waals surface area (Å²) in [5.74, 6) is -5.61. The molecule has 9 heteroatoms. The number of carbonyl (C=O) groups is 4. The van der Waals surface area contributed by atoms with Crippen LogP contribution in [0.25, 0.3) is 0 Å². The molecule has 0 N–H and O–H groups in total. The minimum Gasteiger partial charge on any atom is -0.449 e. The molecule has 1 spiro atoms. The van der Waals surface area contributed by atoms with Gasteiger partial charge in [0.25, 0.3) is 0 Å². The number of hydrogen-bond acceptors (Lipinski definition) is 9. The fraction of sp³-hybridized carbons (Fsp3) is 0.385. The van der Waals surface area contributed by atoms with Crippen molar-refractivity contribution in [3.05, 3.63) is 24.3 Å². The van der Waals surface area contributed by atoms with Crippen molar-refractivity contribution in [3.63, 3.8) is 0 Å². The molecule has 9 nitrogen and oxygen atoms in total. The van der Waals surface area contributed by atoms with E-state index in [1.165, 1.54) is 0 Å². The smallest absolute Gasteiger partial charge is 0.390 e. The van der Waals surface area contributed by atoms with Crippen LogP contribution in [0.3, 0.4) is 0 Å². The van der Waals surface area contributed by atoms with Gasteiger partial charge in [0.2, 0.25) is 0 Å². The fourth-order valence-electron chi connectivity index (χ4n) is 2.36. The lowest BCUT2D eigenvalue weighted by atomic mass is 10.0. The van der Waals surface area contributed by atoms with E-state index >= 15 is 0 Å². The summed E-state index contributed by atoms with van der Waals surface area (Å²) in [6, 6.07) is 0. The molecule has 3 rings (SSSR count). The van der Waals surface area contributed by atoms with E-state index in [0.717, 1.165) is 29.4 Å². The Bertz CT molecular complexity index is 555. The van der Waals surface area contributed by atoms with Crippen molar-refractivity contribution in [2.75, 3.05) is 6.54 Å². The quantitative estimate of drug-likeness (QED) is 0.538. The first-order chi connectivity index (χ1) is 10.5. The predicted octanol–water partition coefficient (Wildman–Crippen LogP) is -0.668. The highest BCUT2D eigenvalue weighted by Crippen LogP contribution is 2.36. The minimum atomic E-state index is -2.13. The molecule has 0 bridgehead atoms. The Morgan fingerprint density at radius 2 is 1.50 bits per heavy atom. The van der Waals surface area contributed by atoms with Crippen LogP contribution in [0.15, 0.2) is 24.3 Å². The van der Waals surface area contributed by atoms with E-state index in [1.54, 1.807) is 0 Å². The largest absolute Gasteiger partial charge is 0.449 e. The Morgan fingerprint density at radius 3 is 2.18 bits per heavy atom. The van der Waals surface area contributed by atoms with Gasteiger partial charge in [-0.1, -0.05) is 5.06 Å². The number of rotatable bonds is 0. The average Bonchev–Trinajstić information content (AvgIpc) is 2.45. The topological polar surface area (TPSA) is 108 Å². The molecule has 1 fully saturated rings. The molecule has 116 valence electrons. The van der Waals surface area contributed by atoms with Crippen LogP contribution in [0.5, 0.6) is 0 Å². The third-order valence-corrected chi connectivity index (χ3v) is 3.25. The van der Waals surface area contributed by atoms with Crippen molar-refractivity contribution in [3.8, 4) is 0 Å². The molecular weight excluding hydrogens is 298 g/mol. The van der Waals surface area contributed by atoms with E-state index in [-0.39, 0.29) is 13.0 Å². The third kappa shape index (κ3) is 2.46. The van der Waals surface area contributed by atoms with E-state index in [9.17, 15) is 19.2 Å². The molecule has 3 heterocycles. The first kappa shape index (κ1) is 14.3. The molecule has 0 saturated carbocycles. The van der Waals surface area contributed by atoms with Gasteiger partial charge in [0.15, 0.2) is 6.10 Å². The van der Waals surface area contributed by atoms with Gasteiger partial charge in [-0.05, 0) is 12.8 Å². The molecule has 2 atom stereocenters. The first-order valence-corrected chi connectivity index (χ1v) is 6.52. The van der Waals surface area contributed by atoms with E-state index in [4.69, 9.17) is 19.0 Å². The molecule has 0 aromatic heterocycles. The maximum absolute atomic E-state index is 11.8. The summed E-state index contributed by atoms with van der Waals surface area (Å²) >= 11 is 0. The van der Waals surface area contributed by atoms with Crippen molar-refractivity contribution in [1.29, 1.82) is 0 Å². The zero-order valence-electron chi connectivity index (χ0n) is 11.2. The van der Waals surface area contributed by atoms with Crippen LogP contribution < -0.4 is 0 Å². The van der Waals surface area contributed by atoms with Gasteiger partial charge >= 0.3 is 29.8 Å². The molecule has 1 saturated heterocycles. The van der Waals surface area contributed by atoms with Crippen molar-refractivity contribution >= 4 is 23.9 Å². The van der Waals surface area contributed by atoms with Crippen LogP contribution >= 0.6 is 0 Å². The lowest BCUT2D eigenvalue weighted by Crippen LogP contribution is -2.66. The zero-order chi connectivity index (χ0) is 15.7. The van der Waals surface area contributed by atoms with Crippen molar-refractivity contribution in [2.45, 2.75) is 24.9 Å². The van der Waals surface area contributed by atoms with Gasteiger partial charge in [-0.25, -0.2) is 19.2 Å². The summed E-state index contributed by atoms with van der Waals surface area (Å²) < 4.78 is 15.5. The SMILES string of the molecule is O=C1/C=C/C(=O)OC23OC(=O)/C=C/C(=O)ON2CCCC3O1. The molecule has 0 radical (unpaired) electrons. The van der Waals surface area contributed by atoms with Crippen LogP contribution in [0.1, 0.15) is 12.8 Å². The van der Waals surface area contributed by atoms with Gasteiger partial charge in [0.05, 0.1) is 0 Å². The molecular formula is C13H11NO8. The minimum absolute atomic E-state index is 0.137. The zero-order valence-corrected chi connectivity index (χ0v) is 11.2. The monoisotopic (exact) mass is 309 g/mol. The van der Waals surface area contributed by atoms with Crippen molar-refractivity contribution in [2.24, 2.45) is 0 Å². The summed E-state index contributed by atoms with van der Waals surface area (Å²) in [6.45, 7) is 0.137. The molecule has 0 aromatic carbocycles. The second kappa shape index (κ2) is 5.26. The Labute approximate surface area is 124 Å². The van der Waals surface area contributed by atoms with Gasteiger partial charge in [-0.3, -0.25) is 0 Å². The normalized spacial score (nSPS) is 35.0. The summed E-state index contributed by atoms with van der Waals surface area (Å²) in [5.41, 5.74) is 0. The van der Waals surface area contributed by atoms with Crippen LogP contribution in [-0.4, -0.2) is 47.5 Å². The molecule has 3 aliphatic heterocycles. The molecule has 2 unspecified atom stereocenters. The first-order valence-electron chi connectivity index (χ1n) is 6.52. The summed E-state index contributed by atoms with van der Waals surface area (Å²) in [6.07, 6.45) is 3.08. The van der Waals surface area contributed by atoms with Crippen LogP contribution in [0.4, 0.5) is 0 Å². The average molecular weight is 309 g/mol. The Kier molecular flexibility index (Phi) is 3.41. The molecule has 0 aliphatic carbocycles. The van der Waals surface area contributed by atoms with Crippen LogP contribution in [0, 0.1) is 0 Å². The summed E-state index contributed by atoms with van der Waals surface area (Å²) in [4.78, 5) is 51.8. The highest BCUT2D eigenvalue weighted by Gasteiger charge is 2.59. The van der Waals surface area contributed by atoms with Gasteiger partial charge < -0.3 is 19.0 Å². The van der Waals surface area contributed by atoms with Gasteiger partial charge in [-0.15, -0.1) is 0 Å². The fourth-order valence-corrected chi connectivity index (χ4v) is 2.36. The maximum atomic E-state index is 11.8. The highest BCUT2D eigenvalue weighted by molar-refractivity contribution is 5.94. The molecule has 0 amide bonds. The van der Waals surface area contributed by atoms with Gasteiger partial charge in [0, 0.05) is 30.8 Å². The van der Waals surface area contributed by atoms with E-state index in [1.807, 2.05) is 0 Å². The summed E-state index contributed by atoms with van der Waals surface area (Å²) in [7, 11) is 0. The van der Waals surface area contributed by atoms with Gasteiger partial charge in [-0.2, -0.15) is 0 Å². The second-order valence-corrected chi connectivity index (χ2v) is 4.72. The number of hydroxylamine groups is 2. The number of hydrogen-bond donors (Lipinski definition) is 0. The lowest BCUT2D eigenvalue weighted by molar-refractivity contribution is -0.402. The molecule has 22 heavy (non-hydrogen) atoms. The number of esters is 3. The van der Waals surface area contributed by atoms with Crippen molar-refractivity contribution < 1.29 is 38.2 Å². The van der Waals surface area contributed by atoms with Crippen LogP contribution in [-0.2, 0) is 38.2 Å². The molecule has 3 aliphatic rings. The van der Waals surface area contributed by atoms with E-state index in [0.29, 0.717) is 6.42 Å². The Balaban J connectivity index is 2.07. The number of ether oxygens (including phenoxy) is 3. The Morgan fingerprint density at radius 1 is 0.909 bits per heavy atom. The lowest BCUT2D eigenvalue weighted by Gasteiger charge is -2.46. The number of carbonyl (C=O) groups excluding carboxylic acids is 4. The number of nitrogens with zero attached hydrogens (tertiary/aromatic N) is 1. The highest BCUT2D eigenvalue weighted by atomic mass is 16.8. The Hall–Kier alpha value is -2.68. The second-order valence-electron chi connectivity index (χ2n) is 4.72. The van der Waals surface area contributed by atoms with Crippen LogP contribution in [0.2, 0.25) is 0 Å². The van der Waals surface area contributed by atoms with E-state index in [2.05, 4.69) is 0 Å². The predicted molar refractivity (Wildman–Crippen MR) is 65.1 cm³/mol. The van der Waals surface area contributed by atoms with Gasteiger partial charge in [0.1, 0.15) is 0 Å². The van der Waals surface area contributed by atoms with E-state index < -0.39 is 35.9 Å². The third-order valence-electron chi connectivity index (χ3n) is 3.25. The number of piperidine rings is 1. The van der Waals surface area contributed by atoms with Crippen molar-refractivity contribution in [1.82, 2.24) is 5.06 Å². The maximum Gasteiger partial charge on any atom is 0.390 e.